The van der Waals surface area contributed by atoms with Gasteiger partial charge in [-0.15, -0.1) is 11.3 Å². The van der Waals surface area contributed by atoms with Crippen molar-refractivity contribution in [3.8, 4) is 0 Å². The quantitative estimate of drug-likeness (QED) is 0.851. The number of aromatic nitrogens is 1. The highest BCUT2D eigenvalue weighted by Gasteiger charge is 2.30. The molecule has 0 aliphatic carbocycles. The zero-order valence-corrected chi connectivity index (χ0v) is 10.1. The smallest absolute Gasteiger partial charge is 0.0897 e. The zero-order valence-electron chi connectivity index (χ0n) is 9.31. The summed E-state index contributed by atoms with van der Waals surface area (Å²) < 4.78 is 0. The van der Waals surface area contributed by atoms with Crippen LogP contribution in [0.3, 0.4) is 0 Å². The largest absolute Gasteiger partial charge is 0.395 e. The summed E-state index contributed by atoms with van der Waals surface area (Å²) in [5, 5.41) is 10.5. The minimum Gasteiger partial charge on any atom is -0.395 e. The van der Waals surface area contributed by atoms with Crippen molar-refractivity contribution >= 4 is 11.3 Å². The molecule has 3 nitrogen and oxygen atoms in total. The van der Waals surface area contributed by atoms with Crippen molar-refractivity contribution in [2.45, 2.75) is 32.9 Å². The molecule has 1 aliphatic rings. The van der Waals surface area contributed by atoms with Crippen LogP contribution in [0.4, 0.5) is 0 Å². The van der Waals surface area contributed by atoms with Gasteiger partial charge in [0.1, 0.15) is 0 Å². The van der Waals surface area contributed by atoms with Crippen molar-refractivity contribution in [3.63, 3.8) is 0 Å². The van der Waals surface area contributed by atoms with E-state index >= 15 is 0 Å². The highest BCUT2D eigenvalue weighted by molar-refractivity contribution is 7.11. The SMILES string of the molecule is Cc1ncc(CN2CCC(C)C2CO)s1. The average Bonchev–Trinajstić information content (AvgIpc) is 2.75. The molecule has 1 aromatic rings. The molecule has 2 heterocycles. The Morgan fingerprint density at radius 2 is 2.47 bits per heavy atom. The third kappa shape index (κ3) is 2.38. The molecule has 84 valence electrons. The van der Waals surface area contributed by atoms with Crippen molar-refractivity contribution in [1.29, 1.82) is 0 Å². The summed E-state index contributed by atoms with van der Waals surface area (Å²) in [6, 6.07) is 0.340. The Balaban J connectivity index is 2.00. The number of aryl methyl sites for hydroxylation is 1. The first kappa shape index (κ1) is 11.0. The number of aliphatic hydroxyl groups is 1. The van der Waals surface area contributed by atoms with E-state index in [2.05, 4.69) is 16.8 Å². The maximum absolute atomic E-state index is 9.34. The first-order chi connectivity index (χ1) is 7.20. The molecule has 2 atom stereocenters. The molecule has 0 aromatic carbocycles. The van der Waals surface area contributed by atoms with Crippen LogP contribution in [0.15, 0.2) is 6.20 Å². The standard InChI is InChI=1S/C11H18N2OS/c1-8-3-4-13(11(8)7-14)6-10-5-12-9(2)15-10/h5,8,11,14H,3-4,6-7H2,1-2H3. The van der Waals surface area contributed by atoms with Gasteiger partial charge in [-0.05, 0) is 25.8 Å². The summed E-state index contributed by atoms with van der Waals surface area (Å²) in [6.07, 6.45) is 3.15. The normalized spacial score (nSPS) is 27.4. The van der Waals surface area contributed by atoms with E-state index < -0.39 is 0 Å². The number of nitrogens with zero attached hydrogens (tertiary/aromatic N) is 2. The Labute approximate surface area is 94.8 Å². The minimum absolute atomic E-state index is 0.277. The summed E-state index contributed by atoms with van der Waals surface area (Å²) >= 11 is 1.75. The molecule has 1 N–H and O–H groups in total. The van der Waals surface area contributed by atoms with Crippen LogP contribution in [0.5, 0.6) is 0 Å². The fourth-order valence-electron chi connectivity index (χ4n) is 2.26. The van der Waals surface area contributed by atoms with Crippen LogP contribution in [-0.4, -0.2) is 34.2 Å². The summed E-state index contributed by atoms with van der Waals surface area (Å²) in [7, 11) is 0. The molecular formula is C11H18N2OS. The molecule has 1 aromatic heterocycles. The molecule has 0 amide bonds. The lowest BCUT2D eigenvalue weighted by Gasteiger charge is -2.24. The second-order valence-corrected chi connectivity index (χ2v) is 5.65. The minimum atomic E-state index is 0.277. The van der Waals surface area contributed by atoms with Gasteiger partial charge < -0.3 is 5.11 Å². The average molecular weight is 226 g/mol. The van der Waals surface area contributed by atoms with Crippen LogP contribution in [0.1, 0.15) is 23.2 Å². The highest BCUT2D eigenvalue weighted by atomic mass is 32.1. The number of thiazole rings is 1. The number of aliphatic hydroxyl groups excluding tert-OH is 1. The van der Waals surface area contributed by atoms with Crippen molar-refractivity contribution in [3.05, 3.63) is 16.1 Å². The van der Waals surface area contributed by atoms with Gasteiger partial charge in [0.2, 0.25) is 0 Å². The predicted octanol–water partition coefficient (Wildman–Crippen LogP) is 1.65. The fraction of sp³-hybridized carbons (Fsp3) is 0.727. The summed E-state index contributed by atoms with van der Waals surface area (Å²) in [5.41, 5.74) is 0. The van der Waals surface area contributed by atoms with Crippen LogP contribution in [-0.2, 0) is 6.54 Å². The second-order valence-electron chi connectivity index (χ2n) is 4.33. The van der Waals surface area contributed by atoms with E-state index in [-0.39, 0.29) is 6.61 Å². The Bertz CT molecular complexity index is 326. The predicted molar refractivity (Wildman–Crippen MR) is 61.9 cm³/mol. The molecule has 0 bridgehead atoms. The lowest BCUT2D eigenvalue weighted by Crippen LogP contribution is -2.34. The number of likely N-dealkylation sites (tertiary alicyclic amines) is 1. The van der Waals surface area contributed by atoms with Gasteiger partial charge in [-0.25, -0.2) is 4.98 Å². The summed E-state index contributed by atoms with van der Waals surface area (Å²) in [4.78, 5) is 7.94. The summed E-state index contributed by atoms with van der Waals surface area (Å²) in [5.74, 6) is 0.615. The number of hydrogen-bond donors (Lipinski definition) is 1. The van der Waals surface area contributed by atoms with E-state index in [0.29, 0.717) is 12.0 Å². The lowest BCUT2D eigenvalue weighted by molar-refractivity contribution is 0.135. The van der Waals surface area contributed by atoms with Gasteiger partial charge in [0.05, 0.1) is 11.6 Å². The molecule has 0 radical (unpaired) electrons. The third-order valence-corrected chi connectivity index (χ3v) is 4.11. The van der Waals surface area contributed by atoms with E-state index in [0.717, 1.165) is 18.1 Å². The molecule has 0 saturated carbocycles. The third-order valence-electron chi connectivity index (χ3n) is 3.21. The van der Waals surface area contributed by atoms with Gasteiger partial charge >= 0.3 is 0 Å². The molecule has 4 heteroatoms. The fourth-order valence-corrected chi connectivity index (χ4v) is 3.08. The topological polar surface area (TPSA) is 36.4 Å². The Hall–Kier alpha value is -0.450. The van der Waals surface area contributed by atoms with Gasteiger partial charge in [-0.2, -0.15) is 0 Å². The van der Waals surface area contributed by atoms with E-state index in [1.54, 1.807) is 11.3 Å². The van der Waals surface area contributed by atoms with Crippen LogP contribution < -0.4 is 0 Å². The van der Waals surface area contributed by atoms with Crippen molar-refractivity contribution < 1.29 is 5.11 Å². The first-order valence-corrected chi connectivity index (χ1v) is 6.28. The first-order valence-electron chi connectivity index (χ1n) is 5.47. The van der Waals surface area contributed by atoms with Crippen molar-refractivity contribution in [2.24, 2.45) is 5.92 Å². The molecule has 15 heavy (non-hydrogen) atoms. The highest BCUT2D eigenvalue weighted by Crippen LogP contribution is 2.26. The Kier molecular flexibility index (Phi) is 3.38. The molecule has 2 unspecified atom stereocenters. The van der Waals surface area contributed by atoms with E-state index in [4.69, 9.17) is 0 Å². The van der Waals surface area contributed by atoms with Crippen LogP contribution in [0, 0.1) is 12.8 Å². The molecule has 1 aliphatic heterocycles. The summed E-state index contributed by atoms with van der Waals surface area (Å²) in [6.45, 7) is 6.58. The zero-order chi connectivity index (χ0) is 10.8. The maximum atomic E-state index is 9.34. The van der Waals surface area contributed by atoms with Gasteiger partial charge in [0.25, 0.3) is 0 Å². The Morgan fingerprint density at radius 3 is 3.07 bits per heavy atom. The van der Waals surface area contributed by atoms with E-state index in [1.807, 2.05) is 13.1 Å². The van der Waals surface area contributed by atoms with E-state index in [9.17, 15) is 5.11 Å². The molecule has 2 rings (SSSR count). The van der Waals surface area contributed by atoms with Crippen LogP contribution >= 0.6 is 11.3 Å². The van der Waals surface area contributed by atoms with Crippen LogP contribution in [0.25, 0.3) is 0 Å². The molecule has 1 saturated heterocycles. The number of rotatable bonds is 3. The lowest BCUT2D eigenvalue weighted by atomic mass is 10.0. The van der Waals surface area contributed by atoms with Gasteiger partial charge in [0, 0.05) is 23.7 Å². The van der Waals surface area contributed by atoms with Gasteiger partial charge in [-0.1, -0.05) is 6.92 Å². The Morgan fingerprint density at radius 1 is 1.67 bits per heavy atom. The van der Waals surface area contributed by atoms with Gasteiger partial charge in [0.15, 0.2) is 0 Å². The molecular weight excluding hydrogens is 208 g/mol. The number of hydrogen-bond acceptors (Lipinski definition) is 4. The van der Waals surface area contributed by atoms with Crippen LogP contribution in [0.2, 0.25) is 0 Å². The second kappa shape index (κ2) is 4.60. The maximum Gasteiger partial charge on any atom is 0.0897 e. The molecule has 1 fully saturated rings. The van der Waals surface area contributed by atoms with Gasteiger partial charge in [-0.3, -0.25) is 4.90 Å². The van der Waals surface area contributed by atoms with E-state index in [1.165, 1.54) is 11.3 Å². The molecule has 0 spiro atoms. The van der Waals surface area contributed by atoms with Crippen molar-refractivity contribution in [1.82, 2.24) is 9.88 Å². The van der Waals surface area contributed by atoms with Crippen molar-refractivity contribution in [2.75, 3.05) is 13.2 Å². The monoisotopic (exact) mass is 226 g/mol.